The number of carbonyl (C=O) groups excluding carboxylic acids is 2. The number of phenols is 1. The third-order valence-corrected chi connectivity index (χ3v) is 3.48. The summed E-state index contributed by atoms with van der Waals surface area (Å²) in [5, 5.41) is 16.8. The van der Waals surface area contributed by atoms with Crippen molar-refractivity contribution >= 4 is 29.3 Å². The molecule has 0 spiro atoms. The van der Waals surface area contributed by atoms with Crippen molar-refractivity contribution in [2.24, 2.45) is 0 Å². The molecule has 24 heavy (non-hydrogen) atoms. The van der Waals surface area contributed by atoms with Crippen molar-refractivity contribution in [2.75, 3.05) is 5.32 Å². The topological polar surface area (TPSA) is 93.5 Å². The fourth-order valence-corrected chi connectivity index (χ4v) is 2.17. The minimum atomic E-state index is -1.05. The number of hydrogen-bond acceptors (Lipinski definition) is 5. The summed E-state index contributed by atoms with van der Waals surface area (Å²) in [5.74, 6) is -1.12. The molecule has 8 heteroatoms. The highest BCUT2D eigenvalue weighted by molar-refractivity contribution is 6.30. The molecule has 1 aromatic carbocycles. The molecule has 0 bridgehead atoms. The van der Waals surface area contributed by atoms with Gasteiger partial charge in [-0.3, -0.25) is 4.79 Å². The first-order chi connectivity index (χ1) is 11.3. The maximum absolute atomic E-state index is 12.2. The summed E-state index contributed by atoms with van der Waals surface area (Å²) < 4.78 is 6.72. The van der Waals surface area contributed by atoms with Gasteiger partial charge in [0.2, 0.25) is 0 Å². The average Bonchev–Trinajstić information content (AvgIpc) is 2.95. The Morgan fingerprint density at radius 2 is 2.00 bits per heavy atom. The number of carbonyl (C=O) groups is 2. The number of hydrogen-bond donors (Lipinski definition) is 2. The van der Waals surface area contributed by atoms with Gasteiger partial charge in [0.25, 0.3) is 5.91 Å². The molecule has 0 saturated heterocycles. The normalized spacial score (nSPS) is 12.0. The minimum Gasteiger partial charge on any atom is -0.507 e. The number of aromatic hydroxyl groups is 1. The van der Waals surface area contributed by atoms with E-state index in [1.54, 1.807) is 16.9 Å². The summed E-state index contributed by atoms with van der Waals surface area (Å²) in [5.41, 5.74) is -0.0636. The third-order valence-electron chi connectivity index (χ3n) is 3.24. The van der Waals surface area contributed by atoms with Crippen molar-refractivity contribution in [2.45, 2.75) is 32.9 Å². The molecule has 2 N–H and O–H groups in total. The number of esters is 1. The second-order valence-corrected chi connectivity index (χ2v) is 5.89. The zero-order valence-corrected chi connectivity index (χ0v) is 14.2. The fourth-order valence-electron chi connectivity index (χ4n) is 2.01. The van der Waals surface area contributed by atoms with Gasteiger partial charge in [-0.1, -0.05) is 11.6 Å². The van der Waals surface area contributed by atoms with E-state index in [2.05, 4.69) is 10.4 Å². The van der Waals surface area contributed by atoms with Crippen LogP contribution in [0.3, 0.4) is 0 Å². The van der Waals surface area contributed by atoms with Crippen molar-refractivity contribution in [1.29, 1.82) is 0 Å². The summed E-state index contributed by atoms with van der Waals surface area (Å²) in [6, 6.07) is 5.73. The van der Waals surface area contributed by atoms with Crippen LogP contribution in [0.5, 0.6) is 5.75 Å². The zero-order valence-electron chi connectivity index (χ0n) is 13.5. The highest BCUT2D eigenvalue weighted by atomic mass is 35.5. The molecule has 0 saturated carbocycles. The van der Waals surface area contributed by atoms with Crippen LogP contribution in [-0.4, -0.2) is 32.9 Å². The van der Waals surface area contributed by atoms with Crippen molar-refractivity contribution in [3.63, 3.8) is 0 Å². The van der Waals surface area contributed by atoms with E-state index in [1.807, 2.05) is 13.8 Å². The lowest BCUT2D eigenvalue weighted by molar-refractivity contribution is -0.123. The van der Waals surface area contributed by atoms with Crippen molar-refractivity contribution < 1.29 is 19.4 Å². The van der Waals surface area contributed by atoms with Gasteiger partial charge in [0.1, 0.15) is 17.1 Å². The Kier molecular flexibility index (Phi) is 5.46. The zero-order chi connectivity index (χ0) is 17.9. The number of benzene rings is 1. The third kappa shape index (κ3) is 4.05. The SMILES string of the molecule is CC(C)n1nccc1NC(=O)[C@@H](C)OC(=O)c1ccc(Cl)cc1O. The van der Waals surface area contributed by atoms with Gasteiger partial charge in [-0.05, 0) is 39.0 Å². The number of aromatic nitrogens is 2. The predicted octanol–water partition coefficient (Wildman–Crippen LogP) is 3.01. The van der Waals surface area contributed by atoms with Gasteiger partial charge < -0.3 is 15.2 Å². The second-order valence-electron chi connectivity index (χ2n) is 5.45. The average molecular weight is 352 g/mol. The van der Waals surface area contributed by atoms with Crippen LogP contribution in [0.2, 0.25) is 5.02 Å². The number of rotatable bonds is 5. The first kappa shape index (κ1) is 17.8. The Labute approximate surface area is 144 Å². The van der Waals surface area contributed by atoms with Crippen molar-refractivity contribution in [3.05, 3.63) is 41.0 Å². The predicted molar refractivity (Wildman–Crippen MR) is 89.2 cm³/mol. The first-order valence-corrected chi connectivity index (χ1v) is 7.71. The minimum absolute atomic E-state index is 0.0636. The molecule has 1 atom stereocenters. The van der Waals surface area contributed by atoms with E-state index < -0.39 is 18.0 Å². The van der Waals surface area contributed by atoms with Gasteiger partial charge in [0, 0.05) is 17.1 Å². The molecule has 2 aromatic rings. The maximum Gasteiger partial charge on any atom is 0.342 e. The van der Waals surface area contributed by atoms with Gasteiger partial charge in [-0.25, -0.2) is 9.48 Å². The van der Waals surface area contributed by atoms with Crippen LogP contribution < -0.4 is 5.32 Å². The lowest BCUT2D eigenvalue weighted by Crippen LogP contribution is -2.31. The van der Waals surface area contributed by atoms with Crippen LogP contribution in [0.4, 0.5) is 5.82 Å². The van der Waals surface area contributed by atoms with Gasteiger partial charge in [0.05, 0.1) is 6.20 Å². The highest BCUT2D eigenvalue weighted by Gasteiger charge is 2.22. The molecule has 0 aliphatic heterocycles. The van der Waals surface area contributed by atoms with Crippen LogP contribution in [0.15, 0.2) is 30.5 Å². The highest BCUT2D eigenvalue weighted by Crippen LogP contribution is 2.23. The molecule has 2 rings (SSSR count). The Hall–Kier alpha value is -2.54. The maximum atomic E-state index is 12.2. The monoisotopic (exact) mass is 351 g/mol. The van der Waals surface area contributed by atoms with Crippen molar-refractivity contribution in [3.8, 4) is 5.75 Å². The van der Waals surface area contributed by atoms with Crippen LogP contribution >= 0.6 is 11.6 Å². The fraction of sp³-hybridized carbons (Fsp3) is 0.312. The molecule has 0 unspecified atom stereocenters. The van der Waals surface area contributed by atoms with E-state index in [0.29, 0.717) is 5.82 Å². The van der Waals surface area contributed by atoms with E-state index in [1.165, 1.54) is 25.1 Å². The summed E-state index contributed by atoms with van der Waals surface area (Å²) >= 11 is 5.71. The smallest absolute Gasteiger partial charge is 0.342 e. The number of amides is 1. The quantitative estimate of drug-likeness (QED) is 0.807. The van der Waals surface area contributed by atoms with E-state index in [0.717, 1.165) is 0 Å². The summed E-state index contributed by atoms with van der Waals surface area (Å²) in [7, 11) is 0. The molecule has 1 amide bonds. The number of nitrogens with one attached hydrogen (secondary N) is 1. The Balaban J connectivity index is 2.03. The van der Waals surface area contributed by atoms with E-state index >= 15 is 0 Å². The Morgan fingerprint density at radius 1 is 1.29 bits per heavy atom. The van der Waals surface area contributed by atoms with Crippen LogP contribution in [0.1, 0.15) is 37.2 Å². The molecule has 1 heterocycles. The Morgan fingerprint density at radius 3 is 2.62 bits per heavy atom. The molecule has 0 fully saturated rings. The molecular formula is C16H18ClN3O4. The lowest BCUT2D eigenvalue weighted by atomic mass is 10.2. The summed E-state index contributed by atoms with van der Waals surface area (Å²) in [4.78, 5) is 24.2. The molecule has 7 nitrogen and oxygen atoms in total. The standard InChI is InChI=1S/C16H18ClN3O4/c1-9(2)20-14(6-7-18-20)19-15(22)10(3)24-16(23)12-5-4-11(17)8-13(12)21/h4-10,21H,1-3H3,(H,19,22)/t10-/m1/s1. The largest absolute Gasteiger partial charge is 0.507 e. The number of halogens is 1. The Bertz CT molecular complexity index is 758. The van der Waals surface area contributed by atoms with E-state index in [9.17, 15) is 14.7 Å². The van der Waals surface area contributed by atoms with Gasteiger partial charge >= 0.3 is 5.97 Å². The molecule has 0 aliphatic rings. The lowest BCUT2D eigenvalue weighted by Gasteiger charge is -2.16. The van der Waals surface area contributed by atoms with Crippen LogP contribution in [-0.2, 0) is 9.53 Å². The van der Waals surface area contributed by atoms with Gasteiger partial charge in [-0.15, -0.1) is 0 Å². The van der Waals surface area contributed by atoms with Gasteiger partial charge in [0.15, 0.2) is 6.10 Å². The summed E-state index contributed by atoms with van der Waals surface area (Å²) in [6.07, 6.45) is 0.515. The van der Waals surface area contributed by atoms with Crippen molar-refractivity contribution in [1.82, 2.24) is 9.78 Å². The molecule has 0 aliphatic carbocycles. The number of ether oxygens (including phenoxy) is 1. The molecule has 1 aromatic heterocycles. The van der Waals surface area contributed by atoms with Gasteiger partial charge in [-0.2, -0.15) is 5.10 Å². The van der Waals surface area contributed by atoms with Crippen LogP contribution in [0, 0.1) is 0 Å². The number of anilines is 1. The molecular weight excluding hydrogens is 334 g/mol. The second kappa shape index (κ2) is 7.35. The molecule has 128 valence electrons. The number of phenolic OH excluding ortho intramolecular Hbond substituents is 1. The molecule has 0 radical (unpaired) electrons. The van der Waals surface area contributed by atoms with Crippen LogP contribution in [0.25, 0.3) is 0 Å². The summed E-state index contributed by atoms with van der Waals surface area (Å²) in [6.45, 7) is 5.29. The van der Waals surface area contributed by atoms with E-state index in [4.69, 9.17) is 16.3 Å². The first-order valence-electron chi connectivity index (χ1n) is 7.33. The van der Waals surface area contributed by atoms with E-state index in [-0.39, 0.29) is 22.4 Å². The number of nitrogens with zero attached hydrogens (tertiary/aromatic N) is 2.